The molecule has 7 rings (SSSR count). The number of aromatic amines is 1. The topological polar surface area (TPSA) is 145 Å². The van der Waals surface area contributed by atoms with Gasteiger partial charge in [0.15, 0.2) is 11.5 Å². The average molecular weight is 731 g/mol. The number of aliphatic carboxylic acids is 1. The van der Waals surface area contributed by atoms with Crippen LogP contribution in [0.3, 0.4) is 0 Å². The Morgan fingerprint density at radius 3 is 2.38 bits per heavy atom. The predicted octanol–water partition coefficient (Wildman–Crippen LogP) is 2.15. The molecule has 1 saturated heterocycles. The van der Waals surface area contributed by atoms with Crippen molar-refractivity contribution in [3.8, 4) is 22.8 Å². The van der Waals surface area contributed by atoms with E-state index >= 15 is 0 Å². The molecule has 0 spiro atoms. The number of nitrogens with one attached hydrogen (secondary N) is 1. The molecule has 2 aliphatic carbocycles. The largest absolute Gasteiger partial charge is 1.00 e. The molecule has 4 aromatic heterocycles. The first kappa shape index (κ1) is 38.4. The summed E-state index contributed by atoms with van der Waals surface area (Å²) < 4.78 is 53.3. The van der Waals surface area contributed by atoms with E-state index in [1.165, 1.54) is 0 Å². The van der Waals surface area contributed by atoms with Crippen molar-refractivity contribution in [2.45, 2.75) is 76.0 Å². The van der Waals surface area contributed by atoms with E-state index in [1.807, 2.05) is 20.0 Å². The molecule has 16 heteroatoms. The zero-order chi connectivity index (χ0) is 36.0. The Morgan fingerprint density at radius 2 is 1.77 bits per heavy atom. The van der Waals surface area contributed by atoms with Crippen molar-refractivity contribution in [1.29, 1.82) is 0 Å². The number of pyridine rings is 2. The minimum Gasteiger partial charge on any atom is -0.548 e. The van der Waals surface area contributed by atoms with Gasteiger partial charge in [-0.25, -0.2) is 24.9 Å². The summed E-state index contributed by atoms with van der Waals surface area (Å²) in [6, 6.07) is 4.63. The minimum atomic E-state index is -4.59. The Balaban J connectivity index is 0.00000464. The van der Waals surface area contributed by atoms with Gasteiger partial charge in [0.25, 0.3) is 0 Å². The summed E-state index contributed by atoms with van der Waals surface area (Å²) in [4.78, 5) is 41.3. The molecule has 0 aromatic carbocycles. The van der Waals surface area contributed by atoms with Gasteiger partial charge in [0.2, 0.25) is 0 Å². The maximum atomic E-state index is 14.0. The molecule has 5 heterocycles. The molecule has 12 nitrogen and oxygen atoms in total. The fraction of sp³-hybridized carbons (Fsp3) is 0.556. The molecule has 1 N–H and O–H groups in total. The number of methoxy groups -OCH3 is 1. The molecule has 0 bridgehead atoms. The Labute approximate surface area is 322 Å². The second-order valence-electron chi connectivity index (χ2n) is 14.6. The number of halogens is 3. The predicted molar refractivity (Wildman–Crippen MR) is 182 cm³/mol. The summed E-state index contributed by atoms with van der Waals surface area (Å²) in [5.74, 6) is -0.122. The summed E-state index contributed by atoms with van der Waals surface area (Å²) in [6.45, 7) is 3.98. The summed E-state index contributed by atoms with van der Waals surface area (Å²) in [5, 5.41) is 10.9. The molecule has 52 heavy (non-hydrogen) atoms. The number of carboxylic acid groups (broad SMARTS) is 1. The number of aromatic nitrogens is 6. The van der Waals surface area contributed by atoms with Crippen molar-refractivity contribution < 1.29 is 62.1 Å². The van der Waals surface area contributed by atoms with E-state index in [-0.39, 0.29) is 40.9 Å². The van der Waals surface area contributed by atoms with Crippen LogP contribution >= 0.6 is 0 Å². The van der Waals surface area contributed by atoms with Gasteiger partial charge in [-0.1, -0.05) is 12.8 Å². The molecule has 3 fully saturated rings. The molecule has 2 saturated carbocycles. The van der Waals surface area contributed by atoms with Gasteiger partial charge in [-0.15, -0.1) is 0 Å². The van der Waals surface area contributed by atoms with Crippen molar-refractivity contribution in [2.24, 2.45) is 5.41 Å². The van der Waals surface area contributed by atoms with Crippen molar-refractivity contribution in [2.75, 3.05) is 56.8 Å². The molecular formula is C36H42F3N8NaO4. The molecule has 0 atom stereocenters. The van der Waals surface area contributed by atoms with Crippen molar-refractivity contribution >= 4 is 28.6 Å². The van der Waals surface area contributed by atoms with E-state index in [1.54, 1.807) is 25.6 Å². The van der Waals surface area contributed by atoms with Crippen LogP contribution < -0.4 is 44.5 Å². The van der Waals surface area contributed by atoms with Gasteiger partial charge in [-0.05, 0) is 63.6 Å². The smallest absolute Gasteiger partial charge is 0.548 e. The van der Waals surface area contributed by atoms with Crippen molar-refractivity contribution in [1.82, 2.24) is 29.9 Å². The Morgan fingerprint density at radius 1 is 1.04 bits per heavy atom. The standard InChI is InChI=1S/C36H43F3N8O4.Na/c1-34(51-19-30(48)49)10-12-47(13-11-34)29-18-40-26(17-41-29)32-44-31-27(46(2)20-35(21-50-3)8-4-5-9-35)16-25(43-33(31)45-32)23-14-24(22-6-7-22)42-28(15-23)36(37,38)39;/h14-18,22H,4-13,19-21H2,1-3H3,(H,48,49)(H,43,44,45);/q;+1/p-1. The van der Waals surface area contributed by atoms with Crippen molar-refractivity contribution in [3.05, 3.63) is 42.0 Å². The fourth-order valence-electron chi connectivity index (χ4n) is 7.54. The first-order valence-corrected chi connectivity index (χ1v) is 17.5. The summed E-state index contributed by atoms with van der Waals surface area (Å²) in [5.41, 5.74) is 1.88. The molecule has 4 aromatic rings. The number of anilines is 2. The van der Waals surface area contributed by atoms with E-state index < -0.39 is 30.0 Å². The Bertz CT molecular complexity index is 1890. The van der Waals surface area contributed by atoms with Crippen LogP contribution in [0.15, 0.2) is 30.6 Å². The van der Waals surface area contributed by atoms with Crippen LogP contribution in [0.4, 0.5) is 24.7 Å². The first-order chi connectivity index (χ1) is 24.3. The second kappa shape index (κ2) is 15.2. The molecular weight excluding hydrogens is 688 g/mol. The number of fused-ring (bicyclic) bond motifs is 1. The van der Waals surface area contributed by atoms with Gasteiger partial charge >= 0.3 is 35.7 Å². The number of carbonyl (C=O) groups is 1. The molecule has 0 radical (unpaired) electrons. The molecule has 1 aliphatic heterocycles. The van der Waals surface area contributed by atoms with Gasteiger partial charge in [0.05, 0.1) is 48.6 Å². The number of H-pyrrole nitrogens is 1. The number of hydrogen-bond acceptors (Lipinski definition) is 11. The number of carboxylic acids is 1. The number of imidazole rings is 1. The fourth-order valence-corrected chi connectivity index (χ4v) is 7.54. The monoisotopic (exact) mass is 730 g/mol. The number of alkyl halides is 3. The van der Waals surface area contributed by atoms with E-state index in [0.29, 0.717) is 84.5 Å². The van der Waals surface area contributed by atoms with Gasteiger partial charge < -0.3 is 34.2 Å². The number of hydrogen-bond donors (Lipinski definition) is 1. The number of ether oxygens (including phenoxy) is 2. The van der Waals surface area contributed by atoms with Crippen LogP contribution in [-0.2, 0) is 20.4 Å². The van der Waals surface area contributed by atoms with Crippen LogP contribution in [0.2, 0.25) is 0 Å². The normalized spacial score (nSPS) is 18.4. The first-order valence-electron chi connectivity index (χ1n) is 17.5. The summed E-state index contributed by atoms with van der Waals surface area (Å²) in [6.07, 6.45) is 5.85. The Kier molecular flexibility index (Phi) is 11.2. The maximum Gasteiger partial charge on any atom is 1.00 e. The van der Waals surface area contributed by atoms with Gasteiger partial charge in [-0.2, -0.15) is 13.2 Å². The quantitative estimate of drug-likeness (QED) is 0.214. The third kappa shape index (κ3) is 8.38. The maximum absolute atomic E-state index is 14.0. The van der Waals surface area contributed by atoms with Crippen molar-refractivity contribution in [3.63, 3.8) is 0 Å². The molecule has 0 amide bonds. The Hall–Kier alpha value is -3.37. The average Bonchev–Trinajstić information content (AvgIpc) is 3.72. The number of piperidine rings is 1. The van der Waals surface area contributed by atoms with Gasteiger partial charge in [0, 0.05) is 56.4 Å². The van der Waals surface area contributed by atoms with E-state index in [0.717, 1.165) is 50.3 Å². The van der Waals surface area contributed by atoms with E-state index in [4.69, 9.17) is 19.4 Å². The number of rotatable bonds is 12. The third-order valence-corrected chi connectivity index (χ3v) is 10.5. The molecule has 0 unspecified atom stereocenters. The number of nitrogens with zero attached hydrogens (tertiary/aromatic N) is 7. The van der Waals surface area contributed by atoms with Crippen LogP contribution in [0.1, 0.15) is 75.6 Å². The van der Waals surface area contributed by atoms with Gasteiger partial charge in [0.1, 0.15) is 22.7 Å². The zero-order valence-electron chi connectivity index (χ0n) is 30.1. The summed E-state index contributed by atoms with van der Waals surface area (Å²) in [7, 11) is 3.70. The SMILES string of the molecule is COCC1(CN(C)c2cc(-c3cc(C4CC4)nc(C(F)(F)F)c3)nc3nc(-c4cnc(N5CCC(C)(OCC(=O)[O-])CC5)cn4)[nH]c23)CCCC1.[Na+]. The third-order valence-electron chi connectivity index (χ3n) is 10.5. The van der Waals surface area contributed by atoms with Crippen LogP contribution in [0.25, 0.3) is 33.9 Å². The van der Waals surface area contributed by atoms with Crippen LogP contribution in [0.5, 0.6) is 0 Å². The van der Waals surface area contributed by atoms with Gasteiger partial charge in [-0.3, -0.25) is 0 Å². The number of carbonyl (C=O) groups excluding carboxylic acids is 1. The second-order valence-corrected chi connectivity index (χ2v) is 14.6. The molecule has 272 valence electrons. The van der Waals surface area contributed by atoms with E-state index in [9.17, 15) is 23.1 Å². The van der Waals surface area contributed by atoms with E-state index in [2.05, 4.69) is 29.7 Å². The summed E-state index contributed by atoms with van der Waals surface area (Å²) >= 11 is 0. The minimum absolute atomic E-state index is 0. The van der Waals surface area contributed by atoms with Crippen LogP contribution in [-0.4, -0.2) is 88.5 Å². The molecule has 3 aliphatic rings. The zero-order valence-corrected chi connectivity index (χ0v) is 32.1. The van der Waals surface area contributed by atoms with Crippen LogP contribution in [0, 0.1) is 5.41 Å².